The van der Waals surface area contributed by atoms with E-state index in [1.54, 1.807) is 0 Å². The predicted molar refractivity (Wildman–Crippen MR) is 56.2 cm³/mol. The van der Waals surface area contributed by atoms with Crippen LogP contribution in [0.1, 0.15) is 12.8 Å². The molecule has 0 aliphatic heterocycles. The number of aliphatic hydroxyl groups is 1. The van der Waals surface area contributed by atoms with E-state index in [4.69, 9.17) is 10.8 Å². The number of aliphatic hydroxyl groups excluding tert-OH is 1. The van der Waals surface area contributed by atoms with Gasteiger partial charge in [-0.15, -0.1) is 0 Å². The second kappa shape index (κ2) is 4.21. The summed E-state index contributed by atoms with van der Waals surface area (Å²) in [5.74, 6) is -0.382. The maximum atomic E-state index is 13.1. The van der Waals surface area contributed by atoms with Crippen LogP contribution in [0.25, 0.3) is 0 Å². The minimum Gasteiger partial charge on any atom is -0.396 e. The van der Waals surface area contributed by atoms with E-state index < -0.39 is 11.5 Å². The Morgan fingerprint density at radius 1 is 1.56 bits per heavy atom. The van der Waals surface area contributed by atoms with Crippen molar-refractivity contribution in [1.29, 1.82) is 0 Å². The van der Waals surface area contributed by atoms with Gasteiger partial charge in [0.2, 0.25) is 0 Å². The van der Waals surface area contributed by atoms with Gasteiger partial charge in [-0.1, -0.05) is 0 Å². The van der Waals surface area contributed by atoms with Gasteiger partial charge in [0.25, 0.3) is 0 Å². The van der Waals surface area contributed by atoms with Crippen LogP contribution >= 0.6 is 0 Å². The molecule has 0 aromatic carbocycles. The van der Waals surface area contributed by atoms with Gasteiger partial charge in [-0.05, 0) is 24.7 Å². The summed E-state index contributed by atoms with van der Waals surface area (Å²) in [5, 5.41) is 8.85. The molecule has 0 radical (unpaired) electrons. The number of nitrogen functional groups attached to an aromatic ring is 1. The van der Waals surface area contributed by atoms with E-state index in [1.807, 2.05) is 0 Å². The number of hydrogen-bond acceptors (Lipinski definition) is 4. The second-order valence-electron chi connectivity index (χ2n) is 4.30. The summed E-state index contributed by atoms with van der Waals surface area (Å²) < 4.78 is 14.3. The van der Waals surface area contributed by atoms with E-state index in [0.29, 0.717) is 18.4 Å². The molecule has 1 aliphatic rings. The van der Waals surface area contributed by atoms with Crippen molar-refractivity contribution in [1.82, 2.24) is 9.55 Å². The maximum absolute atomic E-state index is 13.1. The van der Waals surface area contributed by atoms with Crippen molar-refractivity contribution in [2.45, 2.75) is 19.4 Å². The minimum atomic E-state index is -0.669. The van der Waals surface area contributed by atoms with Crippen LogP contribution in [-0.2, 0) is 6.54 Å². The predicted octanol–water partition coefficient (Wildman–Crippen LogP) is -0.0169. The van der Waals surface area contributed by atoms with Gasteiger partial charge in [-0.25, -0.2) is 9.18 Å². The lowest BCUT2D eigenvalue weighted by molar-refractivity contribution is 0.0957. The minimum absolute atomic E-state index is 0.180. The molecule has 0 unspecified atom stereocenters. The molecule has 16 heavy (non-hydrogen) atoms. The van der Waals surface area contributed by atoms with Gasteiger partial charge >= 0.3 is 5.69 Å². The van der Waals surface area contributed by atoms with Gasteiger partial charge in [-0.2, -0.15) is 4.98 Å². The summed E-state index contributed by atoms with van der Waals surface area (Å²) in [6.45, 7) is 0.624. The first-order chi connectivity index (χ1) is 7.60. The highest BCUT2D eigenvalue weighted by Crippen LogP contribution is 2.33. The average Bonchev–Trinajstić information content (AvgIpc) is 2.18. The van der Waals surface area contributed by atoms with Crippen LogP contribution < -0.4 is 11.4 Å². The molecule has 3 N–H and O–H groups in total. The van der Waals surface area contributed by atoms with E-state index in [2.05, 4.69) is 4.98 Å². The third-order valence-electron chi connectivity index (χ3n) is 3.02. The summed E-state index contributed by atoms with van der Waals surface area (Å²) in [6.07, 6.45) is 2.83. The topological polar surface area (TPSA) is 81.1 Å². The summed E-state index contributed by atoms with van der Waals surface area (Å²) in [5.41, 5.74) is 4.66. The number of nitrogens with two attached hydrogens (primary N) is 1. The normalized spacial score (nSPS) is 24.1. The fraction of sp³-hybridized carbons (Fsp3) is 0.600. The lowest BCUT2D eigenvalue weighted by Gasteiger charge is -2.34. The third kappa shape index (κ3) is 2.06. The first kappa shape index (κ1) is 11.1. The molecule has 88 valence electrons. The number of rotatable bonds is 3. The number of anilines is 1. The average molecular weight is 227 g/mol. The molecular formula is C10H14FN3O2. The van der Waals surface area contributed by atoms with E-state index in [0.717, 1.165) is 19.0 Å². The molecule has 5 nitrogen and oxygen atoms in total. The maximum Gasteiger partial charge on any atom is 0.349 e. The lowest BCUT2D eigenvalue weighted by atomic mass is 9.75. The number of aromatic nitrogens is 2. The van der Waals surface area contributed by atoms with Crippen LogP contribution in [0, 0.1) is 17.7 Å². The smallest absolute Gasteiger partial charge is 0.349 e. The second-order valence-corrected chi connectivity index (χ2v) is 4.30. The standard InChI is InChI=1S/C10H14FN3O2/c11-8-4-14(10(16)13-9(8)12)3-6-1-7(2-6)5-15/h4,6-7,15H,1-3,5H2,(H2,12,13,16)/t6-,7+. The molecule has 0 bridgehead atoms. The van der Waals surface area contributed by atoms with E-state index in [9.17, 15) is 9.18 Å². The molecule has 0 amide bonds. The van der Waals surface area contributed by atoms with E-state index >= 15 is 0 Å². The Bertz CT molecular complexity index is 440. The summed E-state index contributed by atoms with van der Waals surface area (Å²) in [4.78, 5) is 14.8. The Labute approximate surface area is 91.7 Å². The van der Waals surface area contributed by atoms with Crippen molar-refractivity contribution in [3.8, 4) is 0 Å². The summed E-state index contributed by atoms with van der Waals surface area (Å²) in [7, 11) is 0. The number of halogens is 1. The van der Waals surface area contributed by atoms with Gasteiger partial charge in [0, 0.05) is 19.3 Å². The zero-order chi connectivity index (χ0) is 11.7. The van der Waals surface area contributed by atoms with Gasteiger partial charge in [0.1, 0.15) is 0 Å². The Morgan fingerprint density at radius 2 is 2.25 bits per heavy atom. The Balaban J connectivity index is 2.05. The zero-order valence-electron chi connectivity index (χ0n) is 8.77. The van der Waals surface area contributed by atoms with E-state index in [-0.39, 0.29) is 12.4 Å². The first-order valence-corrected chi connectivity index (χ1v) is 5.23. The zero-order valence-corrected chi connectivity index (χ0v) is 8.77. The Morgan fingerprint density at radius 3 is 2.88 bits per heavy atom. The monoisotopic (exact) mass is 227 g/mol. The van der Waals surface area contributed by atoms with Crippen molar-refractivity contribution in [2.75, 3.05) is 12.3 Å². The highest BCUT2D eigenvalue weighted by molar-refractivity contribution is 5.26. The van der Waals surface area contributed by atoms with Crippen molar-refractivity contribution >= 4 is 5.82 Å². The molecule has 0 saturated heterocycles. The molecule has 0 atom stereocenters. The summed E-state index contributed by atoms with van der Waals surface area (Å²) >= 11 is 0. The van der Waals surface area contributed by atoms with Crippen LogP contribution in [0.5, 0.6) is 0 Å². The fourth-order valence-electron chi connectivity index (χ4n) is 2.06. The molecule has 1 aliphatic carbocycles. The molecule has 0 spiro atoms. The molecule has 1 fully saturated rings. The first-order valence-electron chi connectivity index (χ1n) is 5.23. The van der Waals surface area contributed by atoms with Crippen LogP contribution in [0.2, 0.25) is 0 Å². The van der Waals surface area contributed by atoms with Gasteiger partial charge in [-0.3, -0.25) is 4.57 Å². The molecule has 1 saturated carbocycles. The Kier molecular flexibility index (Phi) is 2.91. The number of nitrogens with zero attached hydrogens (tertiary/aromatic N) is 2. The highest BCUT2D eigenvalue weighted by atomic mass is 19.1. The van der Waals surface area contributed by atoms with Crippen molar-refractivity contribution in [3.63, 3.8) is 0 Å². The van der Waals surface area contributed by atoms with Crippen molar-refractivity contribution in [3.05, 3.63) is 22.5 Å². The van der Waals surface area contributed by atoms with Gasteiger partial charge in [0.15, 0.2) is 11.6 Å². The lowest BCUT2D eigenvalue weighted by Crippen LogP contribution is -2.34. The van der Waals surface area contributed by atoms with Crippen molar-refractivity contribution < 1.29 is 9.50 Å². The van der Waals surface area contributed by atoms with Gasteiger partial charge < -0.3 is 10.8 Å². The quantitative estimate of drug-likeness (QED) is 0.760. The molecule has 2 rings (SSSR count). The molecule has 1 heterocycles. The molecule has 1 aromatic heterocycles. The highest BCUT2D eigenvalue weighted by Gasteiger charge is 2.28. The van der Waals surface area contributed by atoms with E-state index in [1.165, 1.54) is 4.57 Å². The molecular weight excluding hydrogens is 213 g/mol. The van der Waals surface area contributed by atoms with Crippen LogP contribution in [0.3, 0.4) is 0 Å². The third-order valence-corrected chi connectivity index (χ3v) is 3.02. The fourth-order valence-corrected chi connectivity index (χ4v) is 2.06. The van der Waals surface area contributed by atoms with Crippen LogP contribution in [0.4, 0.5) is 10.2 Å². The molecule has 6 heteroatoms. The van der Waals surface area contributed by atoms with Gasteiger partial charge in [0.05, 0.1) is 0 Å². The Hall–Kier alpha value is -1.43. The van der Waals surface area contributed by atoms with Crippen LogP contribution in [0.15, 0.2) is 11.0 Å². The molecule has 1 aromatic rings. The SMILES string of the molecule is Nc1nc(=O)n(C[C@H]2C[C@@H](CO)C2)cc1F. The largest absolute Gasteiger partial charge is 0.396 e. The van der Waals surface area contributed by atoms with Crippen LogP contribution in [-0.4, -0.2) is 21.3 Å². The van der Waals surface area contributed by atoms with Crippen molar-refractivity contribution in [2.24, 2.45) is 11.8 Å². The summed E-state index contributed by atoms with van der Waals surface area (Å²) in [6, 6.07) is 0. The number of hydrogen-bond donors (Lipinski definition) is 2.